The summed E-state index contributed by atoms with van der Waals surface area (Å²) in [5.41, 5.74) is 4.38. The van der Waals surface area contributed by atoms with Gasteiger partial charge in [0.25, 0.3) is 0 Å². The van der Waals surface area contributed by atoms with Gasteiger partial charge in [0.15, 0.2) is 0 Å². The predicted octanol–water partition coefficient (Wildman–Crippen LogP) is 5.11. The van der Waals surface area contributed by atoms with Crippen molar-refractivity contribution in [2.75, 3.05) is 6.54 Å². The number of aromatic nitrogens is 3. The van der Waals surface area contributed by atoms with Gasteiger partial charge in [-0.15, -0.1) is 0 Å². The number of benzene rings is 2. The molecule has 0 spiro atoms. The summed E-state index contributed by atoms with van der Waals surface area (Å²) in [5.74, 6) is -0.264. The van der Waals surface area contributed by atoms with Crippen LogP contribution >= 0.6 is 0 Å². The van der Waals surface area contributed by atoms with Gasteiger partial charge in [0.05, 0.1) is 5.69 Å². The van der Waals surface area contributed by atoms with Crippen LogP contribution in [-0.2, 0) is 32.3 Å². The number of hydrogen-bond donors (Lipinski definition) is 1. The molecule has 5 nitrogen and oxygen atoms in total. The average Bonchev–Trinajstić information content (AvgIpc) is 3.21. The number of ether oxygens (including phenoxy) is 1. The van der Waals surface area contributed by atoms with Crippen LogP contribution in [0.15, 0.2) is 60.9 Å². The van der Waals surface area contributed by atoms with E-state index < -0.39 is 12.0 Å². The summed E-state index contributed by atoms with van der Waals surface area (Å²) in [6.07, 6.45) is -0.785. The number of alkyl halides is 3. The van der Waals surface area contributed by atoms with E-state index >= 15 is 0 Å². The molecule has 32 heavy (non-hydrogen) atoms. The maximum absolute atomic E-state index is 12.9. The van der Waals surface area contributed by atoms with Crippen LogP contribution < -0.4 is 4.74 Å². The number of hydrogen-bond acceptors (Lipinski definition) is 4. The molecule has 164 valence electrons. The lowest BCUT2D eigenvalue weighted by molar-refractivity contribution is -0.145. The van der Waals surface area contributed by atoms with E-state index in [1.54, 1.807) is 0 Å². The Morgan fingerprint density at radius 1 is 1.06 bits per heavy atom. The molecule has 1 aliphatic heterocycles. The summed E-state index contributed by atoms with van der Waals surface area (Å²) in [4.78, 5) is 12.8. The van der Waals surface area contributed by atoms with E-state index in [0.717, 1.165) is 33.3 Å². The van der Waals surface area contributed by atoms with E-state index in [1.165, 1.54) is 6.20 Å². The molecule has 5 rings (SSSR count). The highest BCUT2D eigenvalue weighted by atomic mass is 19.4. The molecule has 0 unspecified atom stereocenters. The minimum absolute atomic E-state index is 0.459. The Bertz CT molecular complexity index is 1240. The number of nitrogens with zero attached hydrogens (tertiary/aromatic N) is 3. The third-order valence-electron chi connectivity index (χ3n) is 5.65. The molecular formula is C24H21F3N4O. The standard InChI is InChI=1S/C24H21F3N4O/c25-24(26,27)23-29-11-17-13-31(10-9-19(17)30-23)14-18-12-28-20-7-4-8-21(22(18)20)32-15-16-5-2-1-3-6-16/h1-8,11-12,28H,9-10,13-15H2. The molecule has 0 aliphatic carbocycles. The van der Waals surface area contributed by atoms with Crippen LogP contribution in [0.2, 0.25) is 0 Å². The van der Waals surface area contributed by atoms with Gasteiger partial charge in [-0.05, 0) is 23.3 Å². The molecule has 0 bridgehead atoms. The molecule has 0 fully saturated rings. The van der Waals surface area contributed by atoms with Gasteiger partial charge in [-0.1, -0.05) is 36.4 Å². The topological polar surface area (TPSA) is 54.0 Å². The van der Waals surface area contributed by atoms with Crippen molar-refractivity contribution in [2.24, 2.45) is 0 Å². The smallest absolute Gasteiger partial charge is 0.451 e. The summed E-state index contributed by atoms with van der Waals surface area (Å²) in [7, 11) is 0. The number of fused-ring (bicyclic) bond motifs is 2. The van der Waals surface area contributed by atoms with Gasteiger partial charge in [0.1, 0.15) is 12.4 Å². The van der Waals surface area contributed by atoms with Crippen LogP contribution in [0.25, 0.3) is 10.9 Å². The van der Waals surface area contributed by atoms with Crippen LogP contribution in [0.4, 0.5) is 13.2 Å². The fourth-order valence-electron chi connectivity index (χ4n) is 4.09. The monoisotopic (exact) mass is 438 g/mol. The van der Waals surface area contributed by atoms with E-state index in [0.29, 0.717) is 38.4 Å². The molecule has 2 aromatic carbocycles. The van der Waals surface area contributed by atoms with Crippen molar-refractivity contribution in [2.45, 2.75) is 32.3 Å². The van der Waals surface area contributed by atoms with Crippen molar-refractivity contribution in [3.8, 4) is 5.75 Å². The Labute approximate surface area is 182 Å². The molecule has 1 aliphatic rings. The Balaban J connectivity index is 1.35. The molecule has 3 heterocycles. The molecule has 2 aromatic heterocycles. The normalized spacial score (nSPS) is 14.5. The van der Waals surface area contributed by atoms with Crippen molar-refractivity contribution >= 4 is 10.9 Å². The molecule has 0 amide bonds. The maximum Gasteiger partial charge on any atom is 0.451 e. The highest BCUT2D eigenvalue weighted by molar-refractivity contribution is 5.89. The third kappa shape index (κ3) is 4.18. The molecule has 1 N–H and O–H groups in total. The largest absolute Gasteiger partial charge is 0.488 e. The van der Waals surface area contributed by atoms with E-state index in [1.807, 2.05) is 54.7 Å². The van der Waals surface area contributed by atoms with Gasteiger partial charge < -0.3 is 9.72 Å². The number of halogens is 3. The van der Waals surface area contributed by atoms with Gasteiger partial charge in [-0.25, -0.2) is 9.97 Å². The van der Waals surface area contributed by atoms with E-state index in [-0.39, 0.29) is 0 Å². The first-order valence-corrected chi connectivity index (χ1v) is 10.4. The predicted molar refractivity (Wildman–Crippen MR) is 114 cm³/mol. The third-order valence-corrected chi connectivity index (χ3v) is 5.65. The first-order valence-electron chi connectivity index (χ1n) is 10.4. The average molecular weight is 438 g/mol. The summed E-state index contributed by atoms with van der Waals surface area (Å²) >= 11 is 0. The van der Waals surface area contributed by atoms with Crippen LogP contribution in [0.3, 0.4) is 0 Å². The first-order chi connectivity index (χ1) is 15.5. The lowest BCUT2D eigenvalue weighted by atomic mass is 10.1. The minimum atomic E-state index is -4.52. The van der Waals surface area contributed by atoms with Crippen molar-refractivity contribution in [1.29, 1.82) is 0 Å². The lowest BCUT2D eigenvalue weighted by Crippen LogP contribution is -2.31. The van der Waals surface area contributed by atoms with Gasteiger partial charge in [0, 0.05) is 54.9 Å². The summed E-state index contributed by atoms with van der Waals surface area (Å²) < 4.78 is 44.8. The molecule has 8 heteroatoms. The maximum atomic E-state index is 12.9. The zero-order valence-corrected chi connectivity index (χ0v) is 17.2. The summed E-state index contributed by atoms with van der Waals surface area (Å²) in [6.45, 7) is 2.25. The summed E-state index contributed by atoms with van der Waals surface area (Å²) in [5, 5.41) is 1.03. The Kier molecular flexibility index (Phi) is 5.30. The second-order valence-corrected chi connectivity index (χ2v) is 7.89. The second kappa shape index (κ2) is 8.27. The van der Waals surface area contributed by atoms with Gasteiger partial charge in [0.2, 0.25) is 5.82 Å². The van der Waals surface area contributed by atoms with Crippen molar-refractivity contribution in [1.82, 2.24) is 19.9 Å². The fraction of sp³-hybridized carbons (Fsp3) is 0.250. The highest BCUT2D eigenvalue weighted by Crippen LogP contribution is 2.32. The zero-order valence-electron chi connectivity index (χ0n) is 17.2. The Morgan fingerprint density at radius 2 is 1.91 bits per heavy atom. The SMILES string of the molecule is FC(F)(F)c1ncc2c(n1)CCN(Cc1c[nH]c3cccc(OCc4ccccc4)c13)C2. The van der Waals surface area contributed by atoms with Crippen LogP contribution in [0, 0.1) is 0 Å². The zero-order chi connectivity index (χ0) is 22.1. The van der Waals surface area contributed by atoms with E-state index in [4.69, 9.17) is 4.74 Å². The van der Waals surface area contributed by atoms with E-state index in [2.05, 4.69) is 19.9 Å². The number of rotatable bonds is 5. The molecule has 0 saturated heterocycles. The second-order valence-electron chi connectivity index (χ2n) is 7.89. The van der Waals surface area contributed by atoms with Crippen molar-refractivity contribution in [3.05, 3.63) is 89.1 Å². The quantitative estimate of drug-likeness (QED) is 0.470. The minimum Gasteiger partial charge on any atom is -0.488 e. The molecule has 0 atom stereocenters. The number of nitrogens with one attached hydrogen (secondary N) is 1. The fourth-order valence-corrected chi connectivity index (χ4v) is 4.09. The van der Waals surface area contributed by atoms with Gasteiger partial charge in [-0.2, -0.15) is 13.2 Å². The first kappa shape index (κ1) is 20.5. The highest BCUT2D eigenvalue weighted by Gasteiger charge is 2.35. The molecule has 4 aromatic rings. The Hall–Kier alpha value is -3.39. The summed E-state index contributed by atoms with van der Waals surface area (Å²) in [6, 6.07) is 15.9. The van der Waals surface area contributed by atoms with Crippen LogP contribution in [-0.4, -0.2) is 26.4 Å². The van der Waals surface area contributed by atoms with Gasteiger partial charge in [-0.3, -0.25) is 4.90 Å². The van der Waals surface area contributed by atoms with Crippen LogP contribution in [0.5, 0.6) is 5.75 Å². The van der Waals surface area contributed by atoms with Crippen molar-refractivity contribution < 1.29 is 17.9 Å². The van der Waals surface area contributed by atoms with Crippen molar-refractivity contribution in [3.63, 3.8) is 0 Å². The lowest BCUT2D eigenvalue weighted by Gasteiger charge is -2.28. The number of H-pyrrole nitrogens is 1. The van der Waals surface area contributed by atoms with Crippen LogP contribution in [0.1, 0.15) is 28.2 Å². The molecule has 0 saturated carbocycles. The Morgan fingerprint density at radius 3 is 2.72 bits per heavy atom. The molecular weight excluding hydrogens is 417 g/mol. The van der Waals surface area contributed by atoms with E-state index in [9.17, 15) is 13.2 Å². The molecule has 0 radical (unpaired) electrons. The number of aromatic amines is 1. The van der Waals surface area contributed by atoms with Gasteiger partial charge >= 0.3 is 6.18 Å².